The van der Waals surface area contributed by atoms with Gasteiger partial charge >= 0.3 is 6.09 Å². The summed E-state index contributed by atoms with van der Waals surface area (Å²) in [5.74, 6) is -2.45. The summed E-state index contributed by atoms with van der Waals surface area (Å²) in [5.41, 5.74) is -3.27. The lowest BCUT2D eigenvalue weighted by Crippen LogP contribution is -2.60. The highest BCUT2D eigenvalue weighted by Crippen LogP contribution is 2.36. The normalized spacial score (nSPS) is 23.2. The zero-order valence-electron chi connectivity index (χ0n) is 21.1. The molecule has 11 heteroatoms. The largest absolute Gasteiger partial charge is 0.444 e. The first kappa shape index (κ1) is 28.9. The smallest absolute Gasteiger partial charge is 0.408 e. The third kappa shape index (κ3) is 6.46. The first-order valence-electron chi connectivity index (χ1n) is 11.3. The quantitative estimate of drug-likeness (QED) is 0.385. The molecule has 0 saturated carbocycles. The summed E-state index contributed by atoms with van der Waals surface area (Å²) in [6.45, 7) is 10.7. The molecular formula is C24H36F2N2O7. The van der Waals surface area contributed by atoms with Crippen LogP contribution in [0.1, 0.15) is 65.7 Å². The van der Waals surface area contributed by atoms with Gasteiger partial charge in [0.05, 0.1) is 17.6 Å². The van der Waals surface area contributed by atoms with E-state index in [0.29, 0.717) is 6.07 Å². The Hall–Kier alpha value is -2.34. The summed E-state index contributed by atoms with van der Waals surface area (Å²) in [5, 5.41) is 34.7. The minimum Gasteiger partial charge on any atom is -0.444 e. The van der Waals surface area contributed by atoms with Gasteiger partial charge in [0.15, 0.2) is 0 Å². The number of ether oxygens (including phenoxy) is 2. The van der Waals surface area contributed by atoms with Gasteiger partial charge in [-0.05, 0) is 54.5 Å². The number of carbonyl (C=O) groups excluding carboxylic acids is 2. The van der Waals surface area contributed by atoms with E-state index in [1.54, 1.807) is 48.5 Å². The molecule has 0 bridgehead atoms. The van der Waals surface area contributed by atoms with Gasteiger partial charge in [0.2, 0.25) is 5.91 Å². The maximum Gasteiger partial charge on any atom is 0.408 e. The number of amides is 2. The number of aliphatic hydroxyl groups excluding tert-OH is 3. The van der Waals surface area contributed by atoms with Crippen LogP contribution in [0.3, 0.4) is 0 Å². The fraction of sp³-hybridized carbons (Fsp3) is 0.667. The zero-order valence-corrected chi connectivity index (χ0v) is 21.1. The summed E-state index contributed by atoms with van der Waals surface area (Å²) >= 11 is 0. The van der Waals surface area contributed by atoms with Crippen molar-refractivity contribution in [1.82, 2.24) is 10.6 Å². The predicted octanol–water partition coefficient (Wildman–Crippen LogP) is 2.06. The highest BCUT2D eigenvalue weighted by Gasteiger charge is 2.46. The number of halogens is 2. The van der Waals surface area contributed by atoms with Crippen LogP contribution in [0, 0.1) is 17.0 Å². The molecule has 0 aliphatic carbocycles. The number of alkyl carbamates (subject to hydrolysis) is 1. The maximum absolute atomic E-state index is 14.5. The molecule has 1 fully saturated rings. The molecule has 198 valence electrons. The average molecular weight is 503 g/mol. The third-order valence-corrected chi connectivity index (χ3v) is 6.40. The first-order chi connectivity index (χ1) is 15.9. The molecule has 5 N–H and O–H groups in total. The van der Waals surface area contributed by atoms with Gasteiger partial charge in [-0.25, -0.2) is 13.6 Å². The zero-order chi connectivity index (χ0) is 26.9. The van der Waals surface area contributed by atoms with E-state index in [2.05, 4.69) is 10.6 Å². The number of rotatable bonds is 7. The fourth-order valence-electron chi connectivity index (χ4n) is 3.52. The van der Waals surface area contributed by atoms with Crippen LogP contribution in [-0.2, 0) is 20.8 Å². The minimum absolute atomic E-state index is 0.0822. The molecule has 2 rings (SSSR count). The Labute approximate surface area is 203 Å². The third-order valence-electron chi connectivity index (χ3n) is 6.40. The molecule has 2 amide bonds. The van der Waals surface area contributed by atoms with Gasteiger partial charge in [0.25, 0.3) is 0 Å². The molecule has 0 aromatic heterocycles. The summed E-state index contributed by atoms with van der Waals surface area (Å²) in [4.78, 5) is 25.3. The molecule has 1 saturated heterocycles. The number of hydrogen-bond donors (Lipinski definition) is 5. The molecule has 0 spiro atoms. The van der Waals surface area contributed by atoms with Gasteiger partial charge in [-0.1, -0.05) is 0 Å². The summed E-state index contributed by atoms with van der Waals surface area (Å²) in [7, 11) is 0. The molecule has 0 radical (unpaired) electrons. The van der Waals surface area contributed by atoms with Gasteiger partial charge in [-0.2, -0.15) is 0 Å². The number of hydrogen-bond acceptors (Lipinski definition) is 7. The number of benzene rings is 1. The summed E-state index contributed by atoms with van der Waals surface area (Å²) in [6.07, 6.45) is -6.13. The molecule has 4 atom stereocenters. The molecule has 1 aromatic rings. The van der Waals surface area contributed by atoms with E-state index in [9.17, 15) is 33.7 Å². The van der Waals surface area contributed by atoms with Crippen LogP contribution in [0.2, 0.25) is 0 Å². The molecule has 2 unspecified atom stereocenters. The van der Waals surface area contributed by atoms with E-state index in [4.69, 9.17) is 9.47 Å². The number of nitrogens with one attached hydrogen (secondary N) is 2. The molecule has 35 heavy (non-hydrogen) atoms. The second kappa shape index (κ2) is 10.3. The van der Waals surface area contributed by atoms with Crippen LogP contribution in [0.5, 0.6) is 0 Å². The van der Waals surface area contributed by atoms with Crippen LogP contribution >= 0.6 is 0 Å². The van der Waals surface area contributed by atoms with E-state index >= 15 is 0 Å². The molecule has 9 nitrogen and oxygen atoms in total. The van der Waals surface area contributed by atoms with Crippen molar-refractivity contribution in [3.05, 3.63) is 34.9 Å². The lowest BCUT2D eigenvalue weighted by atomic mass is 9.73. The predicted molar refractivity (Wildman–Crippen MR) is 122 cm³/mol. The Morgan fingerprint density at radius 2 is 1.63 bits per heavy atom. The molecule has 1 aliphatic rings. The van der Waals surface area contributed by atoms with E-state index in [1.165, 1.54) is 0 Å². The van der Waals surface area contributed by atoms with Crippen LogP contribution in [0.4, 0.5) is 13.6 Å². The van der Waals surface area contributed by atoms with Crippen molar-refractivity contribution in [2.24, 2.45) is 5.41 Å². The van der Waals surface area contributed by atoms with Crippen LogP contribution in [-0.4, -0.2) is 63.4 Å². The van der Waals surface area contributed by atoms with Gasteiger partial charge < -0.3 is 35.4 Å². The monoisotopic (exact) mass is 502 g/mol. The minimum atomic E-state index is -1.53. The van der Waals surface area contributed by atoms with Crippen molar-refractivity contribution in [1.29, 1.82) is 0 Å². The van der Waals surface area contributed by atoms with E-state index in [0.717, 1.165) is 6.07 Å². The Kier molecular flexibility index (Phi) is 8.53. The lowest BCUT2D eigenvalue weighted by molar-refractivity contribution is -0.133. The number of aliphatic hydroxyl groups is 3. The highest BCUT2D eigenvalue weighted by atomic mass is 19.1. The van der Waals surface area contributed by atoms with E-state index in [1.807, 2.05) is 0 Å². The molecule has 1 aliphatic heterocycles. The van der Waals surface area contributed by atoms with Gasteiger partial charge in [0.1, 0.15) is 41.7 Å². The maximum atomic E-state index is 14.5. The fourth-order valence-corrected chi connectivity index (χ4v) is 3.52. The molecular weight excluding hydrogens is 466 g/mol. The van der Waals surface area contributed by atoms with Crippen molar-refractivity contribution < 1.29 is 43.2 Å². The Balaban J connectivity index is 2.17. The highest BCUT2D eigenvalue weighted by molar-refractivity contribution is 5.84. The average Bonchev–Trinajstić information content (AvgIpc) is 2.99. The second-order valence-electron chi connectivity index (χ2n) is 10.8. The topological polar surface area (TPSA) is 137 Å². The molecule has 1 heterocycles. The van der Waals surface area contributed by atoms with Crippen molar-refractivity contribution in [2.75, 3.05) is 6.61 Å². The SMILES string of the molecule is CC(C)(C)OC(=O)NC(C)(C)C(C)(C)C(=O)NCc1cc([C@@H]2O[C@H](CO)C(O)C2O)c(F)cc1F. The Morgan fingerprint density at radius 3 is 2.14 bits per heavy atom. The van der Waals surface area contributed by atoms with Crippen molar-refractivity contribution in [3.8, 4) is 0 Å². The Bertz CT molecular complexity index is 947. The first-order valence-corrected chi connectivity index (χ1v) is 11.3. The Morgan fingerprint density at radius 1 is 1.03 bits per heavy atom. The lowest BCUT2D eigenvalue weighted by Gasteiger charge is -2.41. The van der Waals surface area contributed by atoms with Gasteiger partial charge in [0, 0.05) is 23.7 Å². The second-order valence-corrected chi connectivity index (χ2v) is 10.8. The number of carbonyl (C=O) groups is 2. The molecule has 1 aromatic carbocycles. The van der Waals surface area contributed by atoms with Crippen molar-refractivity contribution in [3.63, 3.8) is 0 Å². The van der Waals surface area contributed by atoms with E-state index < -0.39 is 71.2 Å². The van der Waals surface area contributed by atoms with Crippen LogP contribution in [0.15, 0.2) is 12.1 Å². The van der Waals surface area contributed by atoms with Crippen LogP contribution < -0.4 is 10.6 Å². The standard InChI is InChI=1S/C24H36F2N2O7/c1-22(2,3)35-21(33)28-24(6,7)23(4,5)20(32)27-10-12-8-13(15(26)9-14(12)25)19-18(31)17(30)16(11-29)34-19/h8-9,16-19,29-31H,10-11H2,1-7H3,(H,27,32)(H,28,33)/t16-,17?,18?,19+/m1/s1. The van der Waals surface area contributed by atoms with E-state index in [-0.39, 0.29) is 17.7 Å². The van der Waals surface area contributed by atoms with Gasteiger partial charge in [-0.15, -0.1) is 0 Å². The summed E-state index contributed by atoms with van der Waals surface area (Å²) < 4.78 is 39.6. The van der Waals surface area contributed by atoms with Crippen molar-refractivity contribution in [2.45, 2.75) is 90.6 Å². The van der Waals surface area contributed by atoms with Crippen molar-refractivity contribution >= 4 is 12.0 Å². The van der Waals surface area contributed by atoms with Gasteiger partial charge in [-0.3, -0.25) is 4.79 Å². The van der Waals surface area contributed by atoms with Crippen LogP contribution in [0.25, 0.3) is 0 Å². The summed E-state index contributed by atoms with van der Waals surface area (Å²) in [6, 6.07) is 1.70.